The van der Waals surface area contributed by atoms with E-state index in [4.69, 9.17) is 9.15 Å². The zero-order chi connectivity index (χ0) is 19.6. The normalized spacial score (nSPS) is 15.9. The van der Waals surface area contributed by atoms with Gasteiger partial charge in [-0.1, -0.05) is 0 Å². The highest BCUT2D eigenvalue weighted by atomic mass is 16.6. The average Bonchev–Trinajstić information content (AvgIpc) is 2.97. The van der Waals surface area contributed by atoms with Crippen molar-refractivity contribution < 1.29 is 18.7 Å². The number of carbonyl (C=O) groups excluding carboxylic acids is 2. The molecule has 3 rings (SSSR count). The molecule has 0 atom stereocenters. The number of fused-ring (bicyclic) bond motifs is 1. The first kappa shape index (κ1) is 19.2. The van der Waals surface area contributed by atoms with Crippen LogP contribution >= 0.6 is 0 Å². The monoisotopic (exact) mass is 375 g/mol. The quantitative estimate of drug-likeness (QED) is 0.824. The summed E-state index contributed by atoms with van der Waals surface area (Å²) >= 11 is 0. The summed E-state index contributed by atoms with van der Waals surface area (Å²) in [6.45, 7) is 8.76. The first-order valence-corrected chi connectivity index (χ1v) is 9.08. The number of aromatic nitrogens is 1. The average molecular weight is 375 g/mol. The van der Waals surface area contributed by atoms with Gasteiger partial charge in [0.1, 0.15) is 5.60 Å². The Morgan fingerprint density at radius 2 is 1.89 bits per heavy atom. The van der Waals surface area contributed by atoms with Gasteiger partial charge in [0.15, 0.2) is 11.4 Å². The molecule has 8 nitrogen and oxygen atoms in total. The molecule has 0 saturated carbocycles. The van der Waals surface area contributed by atoms with E-state index in [2.05, 4.69) is 9.88 Å². The highest BCUT2D eigenvalue weighted by Gasteiger charge is 2.26. The fourth-order valence-corrected chi connectivity index (χ4v) is 3.00. The number of hydrogen-bond acceptors (Lipinski definition) is 6. The van der Waals surface area contributed by atoms with Crippen LogP contribution in [-0.2, 0) is 4.74 Å². The molecule has 0 spiro atoms. The summed E-state index contributed by atoms with van der Waals surface area (Å²) < 4.78 is 10.4. The minimum Gasteiger partial charge on any atom is -0.444 e. The van der Waals surface area contributed by atoms with Gasteiger partial charge in [-0.05, 0) is 39.0 Å². The molecule has 1 saturated heterocycles. The van der Waals surface area contributed by atoms with Crippen LogP contribution in [0, 0.1) is 0 Å². The van der Waals surface area contributed by atoms with Crippen molar-refractivity contribution in [2.45, 2.75) is 32.8 Å². The van der Waals surface area contributed by atoms with Crippen LogP contribution < -0.4 is 5.76 Å². The molecule has 1 aliphatic rings. The number of nitrogens with one attached hydrogen (secondary N) is 1. The molecule has 2 heterocycles. The fourth-order valence-electron chi connectivity index (χ4n) is 3.00. The molecule has 0 aliphatic carbocycles. The van der Waals surface area contributed by atoms with Crippen molar-refractivity contribution in [1.29, 1.82) is 0 Å². The number of H-pyrrole nitrogens is 1. The van der Waals surface area contributed by atoms with Crippen molar-refractivity contribution in [2.24, 2.45) is 0 Å². The molecule has 1 aromatic carbocycles. The summed E-state index contributed by atoms with van der Waals surface area (Å²) in [5.74, 6) is -0.534. The Morgan fingerprint density at radius 3 is 2.56 bits per heavy atom. The van der Waals surface area contributed by atoms with Gasteiger partial charge in [0.25, 0.3) is 0 Å². The number of hydrogen-bond donors (Lipinski definition) is 1. The molecule has 2 aromatic rings. The highest BCUT2D eigenvalue weighted by molar-refractivity contribution is 5.98. The lowest BCUT2D eigenvalue weighted by Crippen LogP contribution is -2.50. The third kappa shape index (κ3) is 4.97. The number of aromatic amines is 1. The molecule has 0 bridgehead atoms. The van der Waals surface area contributed by atoms with Crippen molar-refractivity contribution in [3.05, 3.63) is 34.3 Å². The number of ether oxygens (including phenoxy) is 1. The summed E-state index contributed by atoms with van der Waals surface area (Å²) in [7, 11) is 0. The van der Waals surface area contributed by atoms with Crippen LogP contribution in [0.2, 0.25) is 0 Å². The Labute approximate surface area is 157 Å². The lowest BCUT2D eigenvalue weighted by Gasteiger charge is -2.35. The second-order valence-electron chi connectivity index (χ2n) is 7.71. The molecule has 0 unspecified atom stereocenters. The van der Waals surface area contributed by atoms with Crippen molar-refractivity contribution in [3.63, 3.8) is 0 Å². The first-order chi connectivity index (χ1) is 12.7. The van der Waals surface area contributed by atoms with E-state index in [9.17, 15) is 14.4 Å². The Bertz CT molecular complexity index is 885. The number of carbonyl (C=O) groups is 2. The van der Waals surface area contributed by atoms with Crippen LogP contribution in [0.5, 0.6) is 0 Å². The van der Waals surface area contributed by atoms with Crippen molar-refractivity contribution in [1.82, 2.24) is 14.8 Å². The van der Waals surface area contributed by atoms with E-state index in [1.54, 1.807) is 23.1 Å². The minimum absolute atomic E-state index is 0.00433. The number of ketones is 1. The van der Waals surface area contributed by atoms with E-state index < -0.39 is 11.4 Å². The number of amides is 1. The standard InChI is InChI=1S/C19H25N3O5/c1-19(2,3)27-18(25)22-10-8-21(9-11-22)7-6-15(23)13-4-5-14-16(12-13)26-17(24)20-14/h4-5,12H,6-11H2,1-3H3,(H,20,24). The molecule has 1 amide bonds. The lowest BCUT2D eigenvalue weighted by atomic mass is 10.1. The van der Waals surface area contributed by atoms with E-state index in [1.165, 1.54) is 0 Å². The van der Waals surface area contributed by atoms with Crippen LogP contribution in [0.4, 0.5) is 4.79 Å². The van der Waals surface area contributed by atoms with Crippen molar-refractivity contribution >= 4 is 23.0 Å². The van der Waals surface area contributed by atoms with Gasteiger partial charge in [0, 0.05) is 44.7 Å². The van der Waals surface area contributed by atoms with Gasteiger partial charge in [0.2, 0.25) is 0 Å². The Kier molecular flexibility index (Phi) is 5.36. The largest absolute Gasteiger partial charge is 0.444 e. The Hall–Kier alpha value is -2.61. The maximum absolute atomic E-state index is 12.4. The van der Waals surface area contributed by atoms with Crippen LogP contribution in [0.15, 0.2) is 27.4 Å². The topological polar surface area (TPSA) is 95.9 Å². The number of benzene rings is 1. The maximum Gasteiger partial charge on any atom is 0.417 e. The fraction of sp³-hybridized carbons (Fsp3) is 0.526. The zero-order valence-electron chi connectivity index (χ0n) is 15.9. The van der Waals surface area contributed by atoms with Crippen LogP contribution in [0.3, 0.4) is 0 Å². The van der Waals surface area contributed by atoms with Crippen molar-refractivity contribution in [2.75, 3.05) is 32.7 Å². The van der Waals surface area contributed by atoms with E-state index in [0.717, 1.165) is 0 Å². The van der Waals surface area contributed by atoms with Crippen molar-refractivity contribution in [3.8, 4) is 0 Å². The molecular weight excluding hydrogens is 350 g/mol. The second-order valence-corrected chi connectivity index (χ2v) is 7.71. The smallest absolute Gasteiger partial charge is 0.417 e. The molecular formula is C19H25N3O5. The van der Waals surface area contributed by atoms with Gasteiger partial charge in [-0.3, -0.25) is 14.7 Å². The third-order valence-electron chi connectivity index (χ3n) is 4.42. The minimum atomic E-state index is -0.530. The molecule has 146 valence electrons. The zero-order valence-corrected chi connectivity index (χ0v) is 15.9. The van der Waals surface area contributed by atoms with Gasteiger partial charge >= 0.3 is 11.8 Å². The highest BCUT2D eigenvalue weighted by Crippen LogP contribution is 2.15. The van der Waals surface area contributed by atoms with E-state index in [0.29, 0.717) is 55.8 Å². The number of rotatable bonds is 4. The van der Waals surface area contributed by atoms with Gasteiger partial charge in [-0.25, -0.2) is 9.59 Å². The molecule has 8 heteroatoms. The molecule has 1 aliphatic heterocycles. The number of nitrogens with zero attached hydrogens (tertiary/aromatic N) is 2. The predicted octanol–water partition coefficient (Wildman–Crippen LogP) is 2.25. The summed E-state index contributed by atoms with van der Waals surface area (Å²) in [6, 6.07) is 4.96. The number of oxazole rings is 1. The van der Waals surface area contributed by atoms with E-state index >= 15 is 0 Å². The number of Topliss-reactive ketones (excluding diaryl/α,β-unsaturated/α-hetero) is 1. The maximum atomic E-state index is 12.4. The first-order valence-electron chi connectivity index (χ1n) is 9.08. The lowest BCUT2D eigenvalue weighted by molar-refractivity contribution is 0.0144. The van der Waals surface area contributed by atoms with Crippen LogP contribution in [0.1, 0.15) is 37.6 Å². The van der Waals surface area contributed by atoms with Gasteiger partial charge in [0.05, 0.1) is 5.52 Å². The molecule has 1 N–H and O–H groups in total. The predicted molar refractivity (Wildman–Crippen MR) is 100 cm³/mol. The van der Waals surface area contributed by atoms with Crippen LogP contribution in [0.25, 0.3) is 11.1 Å². The molecule has 1 aromatic heterocycles. The number of piperazine rings is 1. The summed E-state index contributed by atoms with van der Waals surface area (Å²) in [5, 5.41) is 0. The Balaban J connectivity index is 1.48. The van der Waals surface area contributed by atoms with Crippen LogP contribution in [-0.4, -0.2) is 65.0 Å². The van der Waals surface area contributed by atoms with E-state index in [1.807, 2.05) is 20.8 Å². The molecule has 1 fully saturated rings. The third-order valence-corrected chi connectivity index (χ3v) is 4.42. The Morgan fingerprint density at radius 1 is 1.19 bits per heavy atom. The van der Waals surface area contributed by atoms with Gasteiger partial charge in [-0.15, -0.1) is 0 Å². The summed E-state index contributed by atoms with van der Waals surface area (Å²) in [4.78, 5) is 42.1. The van der Waals surface area contributed by atoms with Gasteiger partial charge in [-0.2, -0.15) is 0 Å². The second kappa shape index (κ2) is 7.56. The molecule has 0 radical (unpaired) electrons. The molecule has 27 heavy (non-hydrogen) atoms. The summed E-state index contributed by atoms with van der Waals surface area (Å²) in [5.41, 5.74) is 0.990. The SMILES string of the molecule is CC(C)(C)OC(=O)N1CCN(CCC(=O)c2ccc3[nH]c(=O)oc3c2)CC1. The van der Waals surface area contributed by atoms with Gasteiger partial charge < -0.3 is 14.1 Å². The summed E-state index contributed by atoms with van der Waals surface area (Å²) in [6.07, 6.45) is 0.0756. The van der Waals surface area contributed by atoms with E-state index in [-0.39, 0.29) is 11.9 Å².